The van der Waals surface area contributed by atoms with Crippen molar-refractivity contribution in [2.24, 2.45) is 10.7 Å². The highest BCUT2D eigenvalue weighted by Crippen LogP contribution is 2.26. The first kappa shape index (κ1) is 32.6. The molecular formula is C25H45N3OS. The van der Waals surface area contributed by atoms with E-state index in [1.807, 2.05) is 47.0 Å². The number of nitrogens with two attached hydrogens (primary N) is 1. The Morgan fingerprint density at radius 3 is 2.07 bits per heavy atom. The molecule has 2 aromatic rings. The molecule has 0 spiro atoms. The highest BCUT2D eigenvalue weighted by atomic mass is 32.1. The summed E-state index contributed by atoms with van der Waals surface area (Å²) in [7, 11) is 0. The van der Waals surface area contributed by atoms with Gasteiger partial charge in [0.05, 0.1) is 11.9 Å². The molecular weight excluding hydrogens is 390 g/mol. The van der Waals surface area contributed by atoms with Gasteiger partial charge in [0.2, 0.25) is 0 Å². The van der Waals surface area contributed by atoms with Crippen molar-refractivity contribution in [3.8, 4) is 11.1 Å². The molecule has 4 nitrogen and oxygen atoms in total. The highest BCUT2D eigenvalue weighted by Gasteiger charge is 2.02. The number of unbranched alkanes of at least 4 members (excludes halogenated alkanes) is 1. The second-order valence-electron chi connectivity index (χ2n) is 6.24. The van der Waals surface area contributed by atoms with Crippen LogP contribution in [-0.4, -0.2) is 23.1 Å². The first-order valence-corrected chi connectivity index (χ1v) is 12.0. The van der Waals surface area contributed by atoms with Gasteiger partial charge in [0.25, 0.3) is 0 Å². The summed E-state index contributed by atoms with van der Waals surface area (Å²) in [6.45, 7) is 20.1. The Hall–Kier alpha value is -2.01. The SMILES string of the molecule is CC.CC.CC(N)=NC(C)CC=O.CCCC.Cc1cncc(-c2cscc2C)c1. The molecule has 2 rings (SSSR count). The van der Waals surface area contributed by atoms with Crippen LogP contribution in [0.4, 0.5) is 0 Å². The van der Waals surface area contributed by atoms with E-state index in [1.165, 1.54) is 35.1 Å². The van der Waals surface area contributed by atoms with Gasteiger partial charge in [-0.1, -0.05) is 54.4 Å². The molecule has 30 heavy (non-hydrogen) atoms. The Morgan fingerprint density at radius 1 is 1.13 bits per heavy atom. The van der Waals surface area contributed by atoms with Crippen molar-refractivity contribution >= 4 is 23.5 Å². The quantitative estimate of drug-likeness (QED) is 0.298. The van der Waals surface area contributed by atoms with E-state index >= 15 is 0 Å². The van der Waals surface area contributed by atoms with Crippen molar-refractivity contribution < 1.29 is 4.79 Å². The number of hydrogen-bond acceptors (Lipinski definition) is 4. The molecule has 0 aliphatic carbocycles. The third-order valence-corrected chi connectivity index (χ3v) is 4.26. The van der Waals surface area contributed by atoms with Crippen LogP contribution in [0.2, 0.25) is 0 Å². The van der Waals surface area contributed by atoms with Gasteiger partial charge in [-0.05, 0) is 61.2 Å². The van der Waals surface area contributed by atoms with Gasteiger partial charge in [0.15, 0.2) is 0 Å². The summed E-state index contributed by atoms with van der Waals surface area (Å²) in [5.74, 6) is 0.532. The van der Waals surface area contributed by atoms with Crippen molar-refractivity contribution in [3.63, 3.8) is 0 Å². The average Bonchev–Trinajstić information content (AvgIpc) is 3.17. The average molecular weight is 436 g/mol. The van der Waals surface area contributed by atoms with Gasteiger partial charge in [-0.25, -0.2) is 0 Å². The standard InChI is InChI=1S/C11H11NS.C6H12N2O.C4H10.2C2H6/c1-8-3-10(5-12-4-8)11-7-13-6-9(11)2;1-5(3-4-9)8-6(2)7;1-3-4-2;2*1-2/h3-7H,1-2H3;4-5H,3H2,1-2H3,(H2,7,8);3-4H2,1-2H3;2*1-2H3. The number of carbonyl (C=O) groups excluding carboxylic acids is 1. The summed E-state index contributed by atoms with van der Waals surface area (Å²) in [6, 6.07) is 2.20. The molecule has 0 saturated carbocycles. The van der Waals surface area contributed by atoms with Crippen LogP contribution in [0.25, 0.3) is 11.1 Å². The third kappa shape index (κ3) is 18.0. The Kier molecular flexibility index (Phi) is 25.3. The lowest BCUT2D eigenvalue weighted by Gasteiger charge is -2.00. The van der Waals surface area contributed by atoms with Crippen molar-refractivity contribution in [2.75, 3.05) is 0 Å². The van der Waals surface area contributed by atoms with E-state index in [9.17, 15) is 4.79 Å². The molecule has 0 bridgehead atoms. The number of carbonyl (C=O) groups is 1. The number of aryl methyl sites for hydroxylation is 2. The molecule has 0 aliphatic rings. The number of rotatable bonds is 5. The molecule has 2 N–H and O–H groups in total. The molecule has 2 aromatic heterocycles. The van der Waals surface area contributed by atoms with Gasteiger partial charge in [-0.3, -0.25) is 9.98 Å². The third-order valence-electron chi connectivity index (χ3n) is 3.40. The van der Waals surface area contributed by atoms with Gasteiger partial charge < -0.3 is 10.5 Å². The summed E-state index contributed by atoms with van der Waals surface area (Å²) >= 11 is 1.74. The fourth-order valence-corrected chi connectivity index (χ4v) is 2.76. The van der Waals surface area contributed by atoms with Crippen molar-refractivity contribution in [1.29, 1.82) is 0 Å². The Balaban J connectivity index is -0.000000376. The van der Waals surface area contributed by atoms with E-state index in [4.69, 9.17) is 5.73 Å². The van der Waals surface area contributed by atoms with E-state index in [1.54, 1.807) is 18.3 Å². The molecule has 5 heteroatoms. The van der Waals surface area contributed by atoms with Gasteiger partial charge in [-0.15, -0.1) is 0 Å². The summed E-state index contributed by atoms with van der Waals surface area (Å²) in [5, 5.41) is 4.34. The maximum atomic E-state index is 9.89. The number of nitrogens with zero attached hydrogens (tertiary/aromatic N) is 2. The maximum Gasteiger partial charge on any atom is 0.122 e. The molecule has 0 amide bonds. The van der Waals surface area contributed by atoms with Crippen molar-refractivity contribution in [3.05, 3.63) is 40.3 Å². The zero-order valence-electron chi connectivity index (χ0n) is 21.0. The monoisotopic (exact) mass is 435 g/mol. The number of aldehydes is 1. The summed E-state index contributed by atoms with van der Waals surface area (Å²) in [5.41, 5.74) is 10.3. The number of hydrogen-bond donors (Lipinski definition) is 1. The highest BCUT2D eigenvalue weighted by molar-refractivity contribution is 7.08. The molecule has 0 fully saturated rings. The molecule has 0 aliphatic heterocycles. The molecule has 1 atom stereocenters. The summed E-state index contributed by atoms with van der Waals surface area (Å²) < 4.78 is 0. The number of thiophene rings is 1. The van der Waals surface area contributed by atoms with Crippen LogP contribution in [0.15, 0.2) is 34.2 Å². The van der Waals surface area contributed by atoms with E-state index in [0.717, 1.165) is 6.29 Å². The summed E-state index contributed by atoms with van der Waals surface area (Å²) in [4.78, 5) is 18.0. The molecule has 2 heterocycles. The zero-order chi connectivity index (χ0) is 23.9. The van der Waals surface area contributed by atoms with Gasteiger partial charge in [0, 0.05) is 24.4 Å². The molecule has 0 radical (unpaired) electrons. The maximum absolute atomic E-state index is 9.89. The van der Waals surface area contributed by atoms with Crippen LogP contribution in [0.1, 0.15) is 85.8 Å². The lowest BCUT2D eigenvalue weighted by Crippen LogP contribution is -2.10. The van der Waals surface area contributed by atoms with Crippen LogP contribution >= 0.6 is 11.3 Å². The molecule has 0 aromatic carbocycles. The fourth-order valence-electron chi connectivity index (χ4n) is 1.90. The normalized spacial score (nSPS) is 10.4. The fraction of sp³-hybridized carbons (Fsp3) is 0.560. The van der Waals surface area contributed by atoms with Gasteiger partial charge >= 0.3 is 0 Å². The van der Waals surface area contributed by atoms with Crippen LogP contribution < -0.4 is 5.73 Å². The minimum atomic E-state index is 0.0347. The Bertz CT molecular complexity index is 660. The Labute approximate surface area is 190 Å². The van der Waals surface area contributed by atoms with Crippen LogP contribution in [0.3, 0.4) is 0 Å². The first-order chi connectivity index (χ1) is 14.3. The van der Waals surface area contributed by atoms with E-state index in [2.05, 4.69) is 54.5 Å². The molecule has 0 saturated heterocycles. The minimum Gasteiger partial charge on any atom is -0.388 e. The number of aliphatic imine (C=N–C) groups is 1. The lowest BCUT2D eigenvalue weighted by atomic mass is 10.1. The number of amidine groups is 1. The van der Waals surface area contributed by atoms with Crippen LogP contribution in [0, 0.1) is 13.8 Å². The lowest BCUT2D eigenvalue weighted by molar-refractivity contribution is -0.108. The predicted octanol–water partition coefficient (Wildman–Crippen LogP) is 7.63. The van der Waals surface area contributed by atoms with E-state index in [0.29, 0.717) is 12.3 Å². The van der Waals surface area contributed by atoms with Gasteiger partial charge in [-0.2, -0.15) is 11.3 Å². The first-order valence-electron chi connectivity index (χ1n) is 11.0. The minimum absolute atomic E-state index is 0.0347. The second-order valence-corrected chi connectivity index (χ2v) is 6.98. The van der Waals surface area contributed by atoms with Crippen molar-refractivity contribution in [1.82, 2.24) is 4.98 Å². The predicted molar refractivity (Wildman–Crippen MR) is 138 cm³/mol. The van der Waals surface area contributed by atoms with Crippen molar-refractivity contribution in [2.45, 2.75) is 94.5 Å². The Morgan fingerprint density at radius 2 is 1.70 bits per heavy atom. The van der Waals surface area contributed by atoms with Crippen LogP contribution in [-0.2, 0) is 4.79 Å². The molecule has 1 unspecified atom stereocenters. The smallest absolute Gasteiger partial charge is 0.122 e. The largest absolute Gasteiger partial charge is 0.388 e. The topological polar surface area (TPSA) is 68.3 Å². The van der Waals surface area contributed by atoms with Gasteiger partial charge in [0.1, 0.15) is 6.29 Å². The zero-order valence-corrected chi connectivity index (χ0v) is 21.8. The number of aromatic nitrogens is 1. The van der Waals surface area contributed by atoms with E-state index in [-0.39, 0.29) is 6.04 Å². The van der Waals surface area contributed by atoms with E-state index < -0.39 is 0 Å². The number of pyridine rings is 1. The second kappa shape index (κ2) is 23.3. The molecule has 172 valence electrons. The van der Waals surface area contributed by atoms with Crippen LogP contribution in [0.5, 0.6) is 0 Å². The summed E-state index contributed by atoms with van der Waals surface area (Å²) in [6.07, 6.45) is 7.74.